The minimum absolute atomic E-state index is 0.215. The molecule has 1 N–H and O–H groups in total. The number of esters is 1. The molecule has 128 valence electrons. The second-order valence-electron chi connectivity index (χ2n) is 6.54. The molecule has 0 spiro atoms. The first-order valence-corrected chi connectivity index (χ1v) is 8.50. The fraction of sp³-hybridized carbons (Fsp3) is 0.286. The van der Waals surface area contributed by atoms with Gasteiger partial charge in [-0.15, -0.1) is 0 Å². The maximum atomic E-state index is 11.6. The molecule has 0 saturated heterocycles. The number of ether oxygens (including phenoxy) is 2. The summed E-state index contributed by atoms with van der Waals surface area (Å²) in [5.41, 5.74) is 4.21. The zero-order chi connectivity index (χ0) is 17.4. The molecule has 1 heterocycles. The molecule has 0 radical (unpaired) electrons. The van der Waals surface area contributed by atoms with Crippen molar-refractivity contribution < 1.29 is 14.3 Å². The molecule has 0 unspecified atom stereocenters. The number of hydrogen-bond acceptors (Lipinski definition) is 4. The van der Waals surface area contributed by atoms with Gasteiger partial charge in [0.25, 0.3) is 0 Å². The van der Waals surface area contributed by atoms with Crippen molar-refractivity contribution in [3.8, 4) is 5.75 Å². The molecule has 1 aliphatic heterocycles. The lowest BCUT2D eigenvalue weighted by Gasteiger charge is -2.37. The van der Waals surface area contributed by atoms with Gasteiger partial charge in [-0.3, -0.25) is 0 Å². The average Bonchev–Trinajstić information content (AvgIpc) is 3.16. The second kappa shape index (κ2) is 6.28. The van der Waals surface area contributed by atoms with E-state index >= 15 is 0 Å². The van der Waals surface area contributed by atoms with Gasteiger partial charge in [0.15, 0.2) is 0 Å². The third kappa shape index (κ3) is 2.68. The molecule has 4 nitrogen and oxygen atoms in total. The summed E-state index contributed by atoms with van der Waals surface area (Å²) in [5, 5.41) is 3.69. The Hall–Kier alpha value is -2.75. The summed E-state index contributed by atoms with van der Waals surface area (Å²) >= 11 is 0. The fourth-order valence-corrected chi connectivity index (χ4v) is 3.97. The molecule has 4 rings (SSSR count). The summed E-state index contributed by atoms with van der Waals surface area (Å²) in [6.07, 6.45) is 5.61. The van der Waals surface area contributed by atoms with Gasteiger partial charge in [0.05, 0.1) is 25.8 Å². The van der Waals surface area contributed by atoms with Crippen LogP contribution in [-0.4, -0.2) is 20.2 Å². The van der Waals surface area contributed by atoms with Crippen molar-refractivity contribution in [1.29, 1.82) is 0 Å². The maximum Gasteiger partial charge on any atom is 0.337 e. The van der Waals surface area contributed by atoms with E-state index in [9.17, 15) is 4.79 Å². The van der Waals surface area contributed by atoms with Gasteiger partial charge in [0, 0.05) is 11.6 Å². The van der Waals surface area contributed by atoms with E-state index in [4.69, 9.17) is 9.47 Å². The lowest BCUT2D eigenvalue weighted by Crippen LogP contribution is -2.29. The van der Waals surface area contributed by atoms with E-state index in [1.165, 1.54) is 18.2 Å². The molecule has 2 aliphatic rings. The number of rotatable bonds is 3. The monoisotopic (exact) mass is 335 g/mol. The summed E-state index contributed by atoms with van der Waals surface area (Å²) in [6.45, 7) is 0. The standard InChI is InChI=1S/C21H21NO3/c1-24-15-10-11-19-18(12-15)16-4-3-5-17(16)20(22-19)13-6-8-14(9-7-13)21(23)25-2/h3-4,6-12,16-17,20,22H,5H2,1-2H3/t16-,17+,20+/m1/s1. The number of allylic oxidation sites excluding steroid dienone is 2. The lowest BCUT2D eigenvalue weighted by molar-refractivity contribution is 0.0600. The van der Waals surface area contributed by atoms with Crippen LogP contribution in [-0.2, 0) is 4.74 Å². The molecule has 3 atom stereocenters. The number of benzene rings is 2. The largest absolute Gasteiger partial charge is 0.497 e. The van der Waals surface area contributed by atoms with Crippen LogP contribution in [0.1, 0.15) is 39.9 Å². The first kappa shape index (κ1) is 15.8. The van der Waals surface area contributed by atoms with Crippen LogP contribution in [0, 0.1) is 5.92 Å². The number of nitrogens with one attached hydrogen (secondary N) is 1. The average molecular weight is 335 g/mol. The SMILES string of the molecule is COC(=O)c1ccc([C@@H]2Nc3ccc(OC)cc3[C@@H]3C=CC[C@@H]32)cc1. The molecular weight excluding hydrogens is 314 g/mol. The third-order valence-electron chi connectivity index (χ3n) is 5.26. The van der Waals surface area contributed by atoms with Crippen LogP contribution in [0.25, 0.3) is 0 Å². The summed E-state index contributed by atoms with van der Waals surface area (Å²) in [4.78, 5) is 11.6. The van der Waals surface area contributed by atoms with Crippen molar-refractivity contribution in [3.63, 3.8) is 0 Å². The summed E-state index contributed by atoms with van der Waals surface area (Å²) in [6, 6.07) is 14.1. The van der Waals surface area contributed by atoms with E-state index in [-0.39, 0.29) is 12.0 Å². The van der Waals surface area contributed by atoms with Gasteiger partial charge in [0.1, 0.15) is 5.75 Å². The normalized spacial score (nSPS) is 23.4. The van der Waals surface area contributed by atoms with Crippen LogP contribution >= 0.6 is 0 Å². The van der Waals surface area contributed by atoms with Gasteiger partial charge in [-0.25, -0.2) is 4.79 Å². The number of fused-ring (bicyclic) bond motifs is 3. The van der Waals surface area contributed by atoms with E-state index in [1.54, 1.807) is 7.11 Å². The molecular formula is C21H21NO3. The van der Waals surface area contributed by atoms with Crippen molar-refractivity contribution in [3.05, 3.63) is 71.3 Å². The summed E-state index contributed by atoms with van der Waals surface area (Å²) < 4.78 is 10.2. The Balaban J connectivity index is 1.68. The first-order chi connectivity index (χ1) is 12.2. The topological polar surface area (TPSA) is 47.6 Å². The molecule has 0 fully saturated rings. The van der Waals surface area contributed by atoms with E-state index < -0.39 is 0 Å². The highest BCUT2D eigenvalue weighted by molar-refractivity contribution is 5.89. The lowest BCUT2D eigenvalue weighted by atomic mass is 9.77. The second-order valence-corrected chi connectivity index (χ2v) is 6.54. The Morgan fingerprint density at radius 3 is 2.64 bits per heavy atom. The van der Waals surface area contributed by atoms with Crippen LogP contribution in [0.4, 0.5) is 5.69 Å². The van der Waals surface area contributed by atoms with E-state index in [0.717, 1.165) is 17.9 Å². The van der Waals surface area contributed by atoms with Crippen LogP contribution < -0.4 is 10.1 Å². The molecule has 0 saturated carbocycles. The van der Waals surface area contributed by atoms with Crippen LogP contribution in [0.3, 0.4) is 0 Å². The highest BCUT2D eigenvalue weighted by atomic mass is 16.5. The number of anilines is 1. The van der Waals surface area contributed by atoms with Crippen LogP contribution in [0.2, 0.25) is 0 Å². The maximum absolute atomic E-state index is 11.6. The number of carbonyl (C=O) groups excluding carboxylic acids is 1. The van der Waals surface area contributed by atoms with E-state index in [1.807, 2.05) is 30.3 Å². The van der Waals surface area contributed by atoms with Crippen molar-refractivity contribution >= 4 is 11.7 Å². The zero-order valence-corrected chi connectivity index (χ0v) is 14.4. The Morgan fingerprint density at radius 1 is 1.12 bits per heavy atom. The molecule has 25 heavy (non-hydrogen) atoms. The Bertz CT molecular complexity index is 826. The summed E-state index contributed by atoms with van der Waals surface area (Å²) in [5.74, 6) is 1.43. The molecule has 1 aliphatic carbocycles. The predicted molar refractivity (Wildman–Crippen MR) is 97.1 cm³/mol. The van der Waals surface area contributed by atoms with E-state index in [2.05, 4.69) is 29.6 Å². The number of methoxy groups -OCH3 is 2. The van der Waals surface area contributed by atoms with Crippen LogP contribution in [0.15, 0.2) is 54.6 Å². The van der Waals surface area contributed by atoms with Crippen molar-refractivity contribution in [2.24, 2.45) is 5.92 Å². The minimum Gasteiger partial charge on any atom is -0.497 e. The highest BCUT2D eigenvalue weighted by Crippen LogP contribution is 2.50. The van der Waals surface area contributed by atoms with Crippen molar-refractivity contribution in [2.75, 3.05) is 19.5 Å². The van der Waals surface area contributed by atoms with Gasteiger partial charge in [-0.05, 0) is 53.8 Å². The number of carbonyl (C=O) groups is 1. The molecule has 0 bridgehead atoms. The zero-order valence-electron chi connectivity index (χ0n) is 14.4. The van der Waals surface area contributed by atoms with Crippen molar-refractivity contribution in [1.82, 2.24) is 0 Å². The van der Waals surface area contributed by atoms with Gasteiger partial charge in [-0.2, -0.15) is 0 Å². The first-order valence-electron chi connectivity index (χ1n) is 8.50. The highest BCUT2D eigenvalue weighted by Gasteiger charge is 2.38. The minimum atomic E-state index is -0.305. The molecule has 4 heteroatoms. The third-order valence-corrected chi connectivity index (χ3v) is 5.26. The molecule has 0 amide bonds. The quantitative estimate of drug-likeness (QED) is 0.671. The van der Waals surface area contributed by atoms with E-state index in [0.29, 0.717) is 17.4 Å². The summed E-state index contributed by atoms with van der Waals surface area (Å²) in [7, 11) is 3.10. The Morgan fingerprint density at radius 2 is 1.92 bits per heavy atom. The molecule has 2 aromatic rings. The van der Waals surface area contributed by atoms with Gasteiger partial charge < -0.3 is 14.8 Å². The Kier molecular flexibility index (Phi) is 3.96. The number of hydrogen-bond donors (Lipinski definition) is 1. The smallest absolute Gasteiger partial charge is 0.337 e. The van der Waals surface area contributed by atoms with Gasteiger partial charge in [0.2, 0.25) is 0 Å². The fourth-order valence-electron chi connectivity index (χ4n) is 3.97. The predicted octanol–water partition coefficient (Wildman–Crippen LogP) is 4.31. The van der Waals surface area contributed by atoms with Gasteiger partial charge >= 0.3 is 5.97 Å². The Labute approximate surface area is 147 Å². The molecule has 2 aromatic carbocycles. The molecule has 0 aromatic heterocycles. The van der Waals surface area contributed by atoms with Crippen molar-refractivity contribution in [2.45, 2.75) is 18.4 Å². The van der Waals surface area contributed by atoms with Gasteiger partial charge in [-0.1, -0.05) is 24.3 Å². The van der Waals surface area contributed by atoms with Crippen LogP contribution in [0.5, 0.6) is 5.75 Å².